The lowest BCUT2D eigenvalue weighted by Crippen LogP contribution is -2.83. The van der Waals surface area contributed by atoms with Crippen molar-refractivity contribution in [2.24, 2.45) is 34.0 Å². The van der Waals surface area contributed by atoms with Crippen LogP contribution < -0.4 is 0 Å². The van der Waals surface area contributed by atoms with Crippen LogP contribution in [0, 0.1) is 34.0 Å². The lowest BCUT2D eigenvalue weighted by atomic mass is 9.36. The Bertz CT molecular complexity index is 896. The minimum absolute atomic E-state index is 0.00186. The monoisotopic (exact) mass is 432 g/mol. The van der Waals surface area contributed by atoms with Gasteiger partial charge in [0, 0.05) is 37.0 Å². The van der Waals surface area contributed by atoms with Crippen LogP contribution in [0.1, 0.15) is 53.4 Å². The molecule has 10 atom stereocenters. The maximum Gasteiger partial charge on any atom is 0.303 e. The topological polar surface area (TPSA) is 94.6 Å². The zero-order valence-corrected chi connectivity index (χ0v) is 18.7. The molecule has 170 valence electrons. The zero-order valence-electron chi connectivity index (χ0n) is 18.7. The maximum atomic E-state index is 12.4. The van der Waals surface area contributed by atoms with Crippen molar-refractivity contribution in [2.45, 2.75) is 83.6 Å². The van der Waals surface area contributed by atoms with Gasteiger partial charge >= 0.3 is 11.9 Å². The summed E-state index contributed by atoms with van der Waals surface area (Å²) in [5.74, 6) is -2.72. The van der Waals surface area contributed by atoms with E-state index in [1.165, 1.54) is 13.8 Å². The fourth-order valence-electron chi connectivity index (χ4n) is 9.06. The molecule has 4 aliphatic carbocycles. The van der Waals surface area contributed by atoms with E-state index >= 15 is 0 Å². The van der Waals surface area contributed by atoms with Crippen molar-refractivity contribution in [3.8, 4) is 0 Å². The Morgan fingerprint density at radius 3 is 2.48 bits per heavy atom. The lowest BCUT2D eigenvalue weighted by Gasteiger charge is -2.74. The number of hydrogen-bond acceptors (Lipinski definition) is 7. The van der Waals surface area contributed by atoms with Crippen LogP contribution in [0.5, 0.6) is 0 Å². The molecule has 7 aliphatic rings. The van der Waals surface area contributed by atoms with Crippen molar-refractivity contribution in [3.05, 3.63) is 12.2 Å². The molecule has 7 rings (SSSR count). The third kappa shape index (κ3) is 2.12. The van der Waals surface area contributed by atoms with Crippen molar-refractivity contribution >= 4 is 11.9 Å². The summed E-state index contributed by atoms with van der Waals surface area (Å²) < 4.78 is 24.4. The van der Waals surface area contributed by atoms with Gasteiger partial charge in [-0.1, -0.05) is 26.8 Å². The number of ether oxygens (including phenoxy) is 4. The van der Waals surface area contributed by atoms with Crippen LogP contribution >= 0.6 is 0 Å². The Kier molecular flexibility index (Phi) is 3.73. The van der Waals surface area contributed by atoms with Crippen molar-refractivity contribution in [3.63, 3.8) is 0 Å². The highest BCUT2D eigenvalue weighted by Gasteiger charge is 2.89. The van der Waals surface area contributed by atoms with Gasteiger partial charge < -0.3 is 24.1 Å². The number of carbonyl (C=O) groups excluding carboxylic acids is 2. The van der Waals surface area contributed by atoms with Crippen molar-refractivity contribution in [1.29, 1.82) is 0 Å². The third-order valence-electron chi connectivity index (χ3n) is 9.72. The van der Waals surface area contributed by atoms with Crippen LogP contribution in [0.25, 0.3) is 0 Å². The second-order valence-corrected chi connectivity index (χ2v) is 11.5. The summed E-state index contributed by atoms with van der Waals surface area (Å²) in [5, 5.41) is 12.4. The molecular formula is C24H32O7. The molecule has 0 aromatic carbocycles. The van der Waals surface area contributed by atoms with Crippen LogP contribution in [0.2, 0.25) is 0 Å². The predicted octanol–water partition coefficient (Wildman–Crippen LogP) is 2.35. The minimum Gasteiger partial charge on any atom is -0.457 e. The highest BCUT2D eigenvalue weighted by molar-refractivity contribution is 5.67. The maximum absolute atomic E-state index is 12.4. The number of hydrogen-bond donors (Lipinski definition) is 1. The van der Waals surface area contributed by atoms with Gasteiger partial charge in [-0.25, -0.2) is 0 Å². The van der Waals surface area contributed by atoms with Crippen LogP contribution in [-0.4, -0.2) is 53.9 Å². The molecule has 3 saturated heterocycles. The van der Waals surface area contributed by atoms with E-state index in [1.54, 1.807) is 0 Å². The Morgan fingerprint density at radius 1 is 1.10 bits per heavy atom. The molecule has 0 unspecified atom stereocenters. The first-order valence-electron chi connectivity index (χ1n) is 11.5. The summed E-state index contributed by atoms with van der Waals surface area (Å²) in [7, 11) is 0. The van der Waals surface area contributed by atoms with Crippen molar-refractivity contribution < 1.29 is 33.6 Å². The molecule has 2 spiro atoms. The van der Waals surface area contributed by atoms with E-state index in [4.69, 9.17) is 18.9 Å². The quantitative estimate of drug-likeness (QED) is 0.407. The van der Waals surface area contributed by atoms with E-state index in [-0.39, 0.29) is 40.8 Å². The molecule has 1 N–H and O–H groups in total. The Morgan fingerprint density at radius 2 is 1.81 bits per heavy atom. The largest absolute Gasteiger partial charge is 0.457 e. The molecule has 3 aliphatic heterocycles. The van der Waals surface area contributed by atoms with Crippen LogP contribution in [0.15, 0.2) is 12.2 Å². The summed E-state index contributed by atoms with van der Waals surface area (Å²) in [6.45, 7) is 11.9. The van der Waals surface area contributed by atoms with Gasteiger partial charge in [-0.3, -0.25) is 9.59 Å². The molecule has 0 amide bonds. The standard InChI is InChI=1S/C24H32O7/c1-11-14-9-23(19(11)29-12(2)25)17(16-15(14)31-16)22-8-6-7-21(4,5)18(22)20(30-13(3)26)24(23,27)28-10-22/h14-20,27H,1,6-10H2,2-5H3/t14-,15-,16-,17+,18-,19-,20+,22-,23+,24+/m1/s1. The van der Waals surface area contributed by atoms with Gasteiger partial charge in [-0.05, 0) is 30.3 Å². The first-order valence-corrected chi connectivity index (χ1v) is 11.5. The molecule has 7 heteroatoms. The average Bonchev–Trinajstić information content (AvgIpc) is 3.41. The van der Waals surface area contributed by atoms with E-state index in [0.29, 0.717) is 13.0 Å². The SMILES string of the molecule is C=C1[C@H]2C[C@@]3([C@@H]1OC(C)=O)[C@@H]([C@@H]1O[C@@H]12)[C@]12CCCC(C)(C)[C@H]1[C@H](OC(C)=O)[C@]3(O)OC2. The number of carbonyl (C=O) groups is 2. The molecule has 0 radical (unpaired) electrons. The van der Waals surface area contributed by atoms with Crippen LogP contribution in [-0.2, 0) is 28.5 Å². The van der Waals surface area contributed by atoms with Crippen LogP contribution in [0.3, 0.4) is 0 Å². The summed E-state index contributed by atoms with van der Waals surface area (Å²) in [5.41, 5.74) is -0.606. The summed E-state index contributed by atoms with van der Waals surface area (Å²) >= 11 is 0. The first-order chi connectivity index (χ1) is 14.5. The lowest BCUT2D eigenvalue weighted by molar-refractivity contribution is -0.455. The van der Waals surface area contributed by atoms with Gasteiger partial charge in [0.05, 0.1) is 24.2 Å². The molecule has 3 heterocycles. The second-order valence-electron chi connectivity index (χ2n) is 11.5. The van der Waals surface area contributed by atoms with E-state index in [9.17, 15) is 14.7 Å². The second kappa shape index (κ2) is 5.72. The molecule has 7 nitrogen and oxygen atoms in total. The number of aliphatic hydroxyl groups is 1. The Labute approximate surface area is 182 Å². The Balaban J connectivity index is 1.61. The van der Waals surface area contributed by atoms with E-state index in [0.717, 1.165) is 24.8 Å². The third-order valence-corrected chi connectivity index (χ3v) is 9.72. The smallest absolute Gasteiger partial charge is 0.303 e. The molecule has 31 heavy (non-hydrogen) atoms. The molecular weight excluding hydrogens is 400 g/mol. The summed E-state index contributed by atoms with van der Waals surface area (Å²) in [6.07, 6.45) is 2.04. The molecule has 4 saturated carbocycles. The van der Waals surface area contributed by atoms with E-state index in [1.807, 2.05) is 0 Å². The summed E-state index contributed by atoms with van der Waals surface area (Å²) in [4.78, 5) is 24.4. The Hall–Kier alpha value is -1.44. The van der Waals surface area contributed by atoms with Gasteiger partial charge in [0.1, 0.15) is 6.10 Å². The number of rotatable bonds is 2. The zero-order chi connectivity index (χ0) is 22.1. The number of epoxide rings is 1. The fourth-order valence-corrected chi connectivity index (χ4v) is 9.06. The van der Waals surface area contributed by atoms with Gasteiger partial charge in [0.15, 0.2) is 6.10 Å². The fraction of sp³-hybridized carbons (Fsp3) is 0.833. The van der Waals surface area contributed by atoms with Crippen LogP contribution in [0.4, 0.5) is 0 Å². The predicted molar refractivity (Wildman–Crippen MR) is 107 cm³/mol. The normalized spacial score (nSPS) is 55.0. The average molecular weight is 433 g/mol. The van der Waals surface area contributed by atoms with Gasteiger partial charge in [-0.15, -0.1) is 0 Å². The molecule has 7 fully saturated rings. The van der Waals surface area contributed by atoms with Crippen molar-refractivity contribution in [1.82, 2.24) is 0 Å². The number of esters is 2. The van der Waals surface area contributed by atoms with E-state index < -0.39 is 35.3 Å². The molecule has 0 aromatic heterocycles. The number of fused-ring (bicyclic) bond motifs is 4. The highest BCUT2D eigenvalue weighted by Crippen LogP contribution is 2.80. The summed E-state index contributed by atoms with van der Waals surface area (Å²) in [6, 6.07) is 0. The minimum atomic E-state index is -1.76. The van der Waals surface area contributed by atoms with Crippen molar-refractivity contribution in [2.75, 3.05) is 6.61 Å². The van der Waals surface area contributed by atoms with Gasteiger partial charge in [-0.2, -0.15) is 0 Å². The molecule has 4 bridgehead atoms. The van der Waals surface area contributed by atoms with Gasteiger partial charge in [0.2, 0.25) is 5.79 Å². The first kappa shape index (κ1) is 20.2. The highest BCUT2D eigenvalue weighted by atomic mass is 16.7. The van der Waals surface area contributed by atoms with E-state index in [2.05, 4.69) is 20.4 Å². The van der Waals surface area contributed by atoms with Gasteiger partial charge in [0.25, 0.3) is 0 Å². The molecule has 0 aromatic rings.